The van der Waals surface area contributed by atoms with Crippen molar-refractivity contribution in [3.05, 3.63) is 11.9 Å². The van der Waals surface area contributed by atoms with Crippen LogP contribution in [0.1, 0.15) is 77.3 Å². The Morgan fingerprint density at radius 3 is 2.48 bits per heavy atom. The number of amides is 1. The van der Waals surface area contributed by atoms with Crippen molar-refractivity contribution >= 4 is 5.91 Å². The molecule has 0 fully saturated rings. The number of aryl methyl sites for hydroxylation is 1. The molecule has 1 heterocycles. The van der Waals surface area contributed by atoms with Crippen molar-refractivity contribution in [3.63, 3.8) is 0 Å². The monoisotopic (exact) mass is 294 g/mol. The molecule has 0 radical (unpaired) electrons. The van der Waals surface area contributed by atoms with Crippen LogP contribution < -0.4 is 5.32 Å². The van der Waals surface area contributed by atoms with E-state index in [1.807, 2.05) is 11.6 Å². The summed E-state index contributed by atoms with van der Waals surface area (Å²) < 4.78 is 1.95. The quantitative estimate of drug-likeness (QED) is 0.637. The highest BCUT2D eigenvalue weighted by molar-refractivity contribution is 5.75. The molecule has 0 saturated heterocycles. The number of aromatic nitrogens is 3. The molecule has 1 amide bonds. The van der Waals surface area contributed by atoms with Crippen molar-refractivity contribution in [2.24, 2.45) is 0 Å². The number of hydrogen-bond donors (Lipinski definition) is 1. The summed E-state index contributed by atoms with van der Waals surface area (Å²) >= 11 is 0. The average Bonchev–Trinajstić information content (AvgIpc) is 2.91. The second-order valence-electron chi connectivity index (χ2n) is 5.89. The van der Waals surface area contributed by atoms with Crippen molar-refractivity contribution in [2.75, 3.05) is 6.54 Å². The van der Waals surface area contributed by atoms with Gasteiger partial charge in [0.1, 0.15) is 0 Å². The molecular formula is C16H30N4O. The zero-order valence-corrected chi connectivity index (χ0v) is 13.8. The fourth-order valence-electron chi connectivity index (χ4n) is 2.24. The van der Waals surface area contributed by atoms with Gasteiger partial charge in [0, 0.05) is 25.7 Å². The van der Waals surface area contributed by atoms with E-state index in [2.05, 4.69) is 35.7 Å². The van der Waals surface area contributed by atoms with E-state index in [0.29, 0.717) is 12.3 Å². The van der Waals surface area contributed by atoms with Gasteiger partial charge in [-0.15, -0.1) is 5.10 Å². The molecule has 1 N–H and O–H groups in total. The zero-order valence-electron chi connectivity index (χ0n) is 13.8. The number of carbonyl (C=O) groups is 1. The Hall–Kier alpha value is -1.39. The Morgan fingerprint density at radius 1 is 1.19 bits per heavy atom. The van der Waals surface area contributed by atoms with Crippen LogP contribution in [0, 0.1) is 0 Å². The maximum Gasteiger partial charge on any atom is 0.219 e. The third-order valence-corrected chi connectivity index (χ3v) is 3.56. The van der Waals surface area contributed by atoms with Gasteiger partial charge < -0.3 is 5.32 Å². The highest BCUT2D eigenvalue weighted by Gasteiger charge is 2.04. The molecule has 5 nitrogen and oxygen atoms in total. The van der Waals surface area contributed by atoms with E-state index in [1.165, 1.54) is 19.3 Å². The summed E-state index contributed by atoms with van der Waals surface area (Å²) in [5, 5.41) is 11.1. The van der Waals surface area contributed by atoms with Gasteiger partial charge in [0.05, 0.1) is 5.69 Å². The number of hydrogen-bond acceptors (Lipinski definition) is 3. The van der Waals surface area contributed by atoms with E-state index in [9.17, 15) is 4.79 Å². The van der Waals surface area contributed by atoms with E-state index >= 15 is 0 Å². The van der Waals surface area contributed by atoms with Crippen molar-refractivity contribution in [3.8, 4) is 0 Å². The fourth-order valence-corrected chi connectivity index (χ4v) is 2.24. The van der Waals surface area contributed by atoms with Gasteiger partial charge in [0.15, 0.2) is 0 Å². The molecule has 0 aliphatic heterocycles. The van der Waals surface area contributed by atoms with E-state index in [4.69, 9.17) is 0 Å². The molecule has 0 bridgehead atoms. The Bertz CT molecular complexity index is 401. The van der Waals surface area contributed by atoms with Gasteiger partial charge in [-0.2, -0.15) is 0 Å². The molecular weight excluding hydrogens is 264 g/mol. The lowest BCUT2D eigenvalue weighted by Gasteiger charge is -2.03. The topological polar surface area (TPSA) is 59.8 Å². The van der Waals surface area contributed by atoms with Crippen LogP contribution in [-0.2, 0) is 11.3 Å². The largest absolute Gasteiger partial charge is 0.356 e. The van der Waals surface area contributed by atoms with Crippen LogP contribution in [0.3, 0.4) is 0 Å². The van der Waals surface area contributed by atoms with Crippen LogP contribution in [0.15, 0.2) is 6.20 Å². The highest BCUT2D eigenvalue weighted by atomic mass is 16.1. The maximum absolute atomic E-state index is 11.3. The normalized spacial score (nSPS) is 11.0. The summed E-state index contributed by atoms with van der Waals surface area (Å²) in [6.45, 7) is 7.92. The Kier molecular flexibility index (Phi) is 8.71. The molecule has 0 atom stereocenters. The second-order valence-corrected chi connectivity index (χ2v) is 5.89. The van der Waals surface area contributed by atoms with E-state index in [1.54, 1.807) is 0 Å². The van der Waals surface area contributed by atoms with Crippen LogP contribution in [0.4, 0.5) is 0 Å². The summed E-state index contributed by atoms with van der Waals surface area (Å²) in [4.78, 5) is 11.3. The van der Waals surface area contributed by atoms with Crippen LogP contribution in [0.5, 0.6) is 0 Å². The van der Waals surface area contributed by atoms with Gasteiger partial charge in [-0.25, -0.2) is 0 Å². The Labute approximate surface area is 128 Å². The first-order valence-electron chi connectivity index (χ1n) is 8.30. The summed E-state index contributed by atoms with van der Waals surface area (Å²) in [5.41, 5.74) is 1.07. The van der Waals surface area contributed by atoms with E-state index in [0.717, 1.165) is 38.0 Å². The van der Waals surface area contributed by atoms with E-state index < -0.39 is 0 Å². The summed E-state index contributed by atoms with van der Waals surface area (Å²) in [5.74, 6) is 0.633. The predicted octanol–water partition coefficient (Wildman–Crippen LogP) is 3.27. The number of nitrogens with one attached hydrogen (secondary N) is 1. The molecule has 21 heavy (non-hydrogen) atoms. The molecule has 1 aromatic rings. The lowest BCUT2D eigenvalue weighted by Crippen LogP contribution is -2.21. The third-order valence-electron chi connectivity index (χ3n) is 3.56. The number of carbonyl (C=O) groups excluding carboxylic acids is 1. The Balaban J connectivity index is 1.96. The molecule has 0 aliphatic carbocycles. The first-order valence-corrected chi connectivity index (χ1v) is 8.30. The van der Waals surface area contributed by atoms with Crippen LogP contribution in [0.2, 0.25) is 0 Å². The lowest BCUT2D eigenvalue weighted by molar-refractivity contribution is -0.121. The van der Waals surface area contributed by atoms with Crippen molar-refractivity contribution in [2.45, 2.75) is 78.2 Å². The lowest BCUT2D eigenvalue weighted by atomic mass is 10.1. The molecule has 1 rings (SSSR count). The SMILES string of the molecule is CCNC(=O)CCCCCCCCn1cc(C(C)C)nn1. The minimum absolute atomic E-state index is 0.185. The molecule has 0 unspecified atom stereocenters. The molecule has 0 aromatic carbocycles. The highest BCUT2D eigenvalue weighted by Crippen LogP contribution is 2.11. The number of rotatable bonds is 11. The van der Waals surface area contributed by atoms with Crippen molar-refractivity contribution in [1.29, 1.82) is 0 Å². The third kappa shape index (κ3) is 7.83. The standard InChI is InChI=1S/C16H30N4O/c1-4-17-16(21)11-9-7-5-6-8-10-12-20-13-15(14(2)3)18-19-20/h13-14H,4-12H2,1-3H3,(H,17,21). The van der Waals surface area contributed by atoms with Crippen molar-refractivity contribution < 1.29 is 4.79 Å². The van der Waals surface area contributed by atoms with E-state index in [-0.39, 0.29) is 5.91 Å². The first-order chi connectivity index (χ1) is 10.1. The van der Waals surface area contributed by atoms with Gasteiger partial charge in [-0.3, -0.25) is 9.48 Å². The second kappa shape index (κ2) is 10.4. The zero-order chi connectivity index (χ0) is 15.5. The molecule has 120 valence electrons. The molecule has 1 aromatic heterocycles. The fraction of sp³-hybridized carbons (Fsp3) is 0.812. The molecule has 0 spiro atoms. The van der Waals surface area contributed by atoms with Crippen molar-refractivity contribution in [1.82, 2.24) is 20.3 Å². The van der Waals surface area contributed by atoms with Gasteiger partial charge in [0.25, 0.3) is 0 Å². The summed E-state index contributed by atoms with van der Waals surface area (Å²) in [6.07, 6.45) is 9.71. The van der Waals surface area contributed by atoms with Crippen LogP contribution >= 0.6 is 0 Å². The Morgan fingerprint density at radius 2 is 1.86 bits per heavy atom. The minimum atomic E-state index is 0.185. The summed E-state index contributed by atoms with van der Waals surface area (Å²) in [7, 11) is 0. The molecule has 0 saturated carbocycles. The number of nitrogens with zero attached hydrogens (tertiary/aromatic N) is 3. The van der Waals surface area contributed by atoms with Gasteiger partial charge in [-0.05, 0) is 25.7 Å². The van der Waals surface area contributed by atoms with Crippen LogP contribution in [-0.4, -0.2) is 27.4 Å². The predicted molar refractivity (Wildman–Crippen MR) is 85.1 cm³/mol. The minimum Gasteiger partial charge on any atom is -0.356 e. The summed E-state index contributed by atoms with van der Waals surface area (Å²) in [6, 6.07) is 0. The van der Waals surface area contributed by atoms with Gasteiger partial charge in [0.2, 0.25) is 5.91 Å². The molecule has 0 aliphatic rings. The smallest absolute Gasteiger partial charge is 0.219 e. The molecule has 5 heteroatoms. The maximum atomic E-state index is 11.3. The average molecular weight is 294 g/mol. The van der Waals surface area contributed by atoms with Gasteiger partial charge in [-0.1, -0.05) is 44.7 Å². The first kappa shape index (κ1) is 17.7. The number of unbranched alkanes of at least 4 members (excludes halogenated alkanes) is 5. The van der Waals surface area contributed by atoms with Gasteiger partial charge >= 0.3 is 0 Å². The van der Waals surface area contributed by atoms with Crippen LogP contribution in [0.25, 0.3) is 0 Å².